The molecule has 0 bridgehead atoms. The van der Waals surface area contributed by atoms with E-state index in [0.29, 0.717) is 18.8 Å². The molecule has 0 spiro atoms. The molecule has 0 atom stereocenters. The number of ether oxygens (including phenoxy) is 1. The summed E-state index contributed by atoms with van der Waals surface area (Å²) in [6, 6.07) is 0. The van der Waals surface area contributed by atoms with Gasteiger partial charge in [0.05, 0.1) is 18.8 Å². The van der Waals surface area contributed by atoms with Gasteiger partial charge in [-0.25, -0.2) is 9.48 Å². The minimum Gasteiger partial charge on any atom is -0.476 e. The fraction of sp³-hybridized carbons (Fsp3) is 0.769. The normalized spacial score (nSPS) is 11.8. The molecule has 0 aliphatic heterocycles. The van der Waals surface area contributed by atoms with E-state index in [1.54, 1.807) is 4.68 Å². The molecule has 1 N–H and O–H groups in total. The zero-order chi connectivity index (χ0) is 14.5. The molecule has 6 nitrogen and oxygen atoms in total. The van der Waals surface area contributed by atoms with E-state index in [4.69, 9.17) is 9.84 Å². The Hall–Kier alpha value is -1.43. The van der Waals surface area contributed by atoms with Crippen molar-refractivity contribution in [2.75, 3.05) is 13.2 Å². The van der Waals surface area contributed by atoms with Crippen LogP contribution in [0.4, 0.5) is 0 Å². The van der Waals surface area contributed by atoms with Gasteiger partial charge in [-0.15, -0.1) is 5.10 Å². The lowest BCUT2D eigenvalue weighted by Gasteiger charge is -2.20. The molecule has 0 saturated carbocycles. The van der Waals surface area contributed by atoms with Crippen LogP contribution in [-0.4, -0.2) is 39.3 Å². The van der Waals surface area contributed by atoms with E-state index in [0.717, 1.165) is 19.4 Å². The van der Waals surface area contributed by atoms with Crippen LogP contribution >= 0.6 is 0 Å². The molecule has 0 amide bonds. The minimum absolute atomic E-state index is 0.0288. The maximum absolute atomic E-state index is 11.1. The van der Waals surface area contributed by atoms with Gasteiger partial charge in [0.2, 0.25) is 0 Å². The largest absolute Gasteiger partial charge is 0.476 e. The molecule has 0 saturated heterocycles. The van der Waals surface area contributed by atoms with E-state index in [1.807, 2.05) is 20.8 Å². The van der Waals surface area contributed by atoms with Crippen LogP contribution in [0.15, 0.2) is 0 Å². The molecule has 0 aromatic carbocycles. The number of hydrogen-bond donors (Lipinski definition) is 1. The van der Waals surface area contributed by atoms with Crippen LogP contribution in [0.1, 0.15) is 56.7 Å². The molecule has 0 aliphatic carbocycles. The van der Waals surface area contributed by atoms with Crippen molar-refractivity contribution in [1.82, 2.24) is 15.0 Å². The smallest absolute Gasteiger partial charge is 0.358 e. The van der Waals surface area contributed by atoms with Crippen LogP contribution in [-0.2, 0) is 16.7 Å². The van der Waals surface area contributed by atoms with Crippen molar-refractivity contribution in [1.29, 1.82) is 0 Å². The minimum atomic E-state index is -1.04. The summed E-state index contributed by atoms with van der Waals surface area (Å²) in [5.41, 5.74) is 0.348. The zero-order valence-electron chi connectivity index (χ0n) is 12.1. The number of aromatic nitrogens is 3. The monoisotopic (exact) mass is 269 g/mol. The molecule has 19 heavy (non-hydrogen) atoms. The summed E-state index contributed by atoms with van der Waals surface area (Å²) in [7, 11) is 0. The fourth-order valence-electron chi connectivity index (χ4n) is 1.86. The second-order valence-corrected chi connectivity index (χ2v) is 5.53. The zero-order valence-corrected chi connectivity index (χ0v) is 12.1. The number of unbranched alkanes of at least 4 members (excludes halogenated alkanes) is 1. The molecule has 1 aromatic rings. The Labute approximate surface area is 113 Å². The molecule has 6 heteroatoms. The second kappa shape index (κ2) is 6.65. The average Bonchev–Trinajstić information content (AvgIpc) is 2.72. The summed E-state index contributed by atoms with van der Waals surface area (Å²) >= 11 is 0. The van der Waals surface area contributed by atoms with Crippen LogP contribution in [0.2, 0.25) is 0 Å². The first-order chi connectivity index (χ1) is 8.88. The standard InChI is InChI=1S/C13H23N3O3/c1-5-6-8-19-9-7-16-11(13(2,3)4)10(12(17)18)14-15-16/h5-9H2,1-4H3,(H,17,18). The van der Waals surface area contributed by atoms with Crippen molar-refractivity contribution in [3.05, 3.63) is 11.4 Å². The Morgan fingerprint density at radius 3 is 2.58 bits per heavy atom. The van der Waals surface area contributed by atoms with Gasteiger partial charge in [0.25, 0.3) is 0 Å². The molecular weight excluding hydrogens is 246 g/mol. The van der Waals surface area contributed by atoms with Gasteiger partial charge in [-0.2, -0.15) is 0 Å². The van der Waals surface area contributed by atoms with Gasteiger partial charge in [0.1, 0.15) is 0 Å². The number of carboxylic acid groups (broad SMARTS) is 1. The van der Waals surface area contributed by atoms with Gasteiger partial charge < -0.3 is 9.84 Å². The lowest BCUT2D eigenvalue weighted by atomic mass is 9.90. The number of nitrogens with zero attached hydrogens (tertiary/aromatic N) is 3. The summed E-state index contributed by atoms with van der Waals surface area (Å²) < 4.78 is 7.11. The quantitative estimate of drug-likeness (QED) is 0.767. The Kier molecular flexibility index (Phi) is 5.47. The molecule has 1 aromatic heterocycles. The Morgan fingerprint density at radius 1 is 1.37 bits per heavy atom. The fourth-order valence-corrected chi connectivity index (χ4v) is 1.86. The summed E-state index contributed by atoms with van der Waals surface area (Å²) in [5.74, 6) is -1.04. The third-order valence-corrected chi connectivity index (χ3v) is 2.74. The van der Waals surface area contributed by atoms with Crippen LogP contribution in [0.5, 0.6) is 0 Å². The summed E-state index contributed by atoms with van der Waals surface area (Å²) in [6.07, 6.45) is 2.13. The van der Waals surface area contributed by atoms with Gasteiger partial charge in [0, 0.05) is 12.0 Å². The van der Waals surface area contributed by atoms with Crippen molar-refractivity contribution in [3.63, 3.8) is 0 Å². The van der Waals surface area contributed by atoms with Crippen molar-refractivity contribution in [2.24, 2.45) is 0 Å². The highest BCUT2D eigenvalue weighted by atomic mass is 16.5. The van der Waals surface area contributed by atoms with E-state index in [1.165, 1.54) is 0 Å². The van der Waals surface area contributed by atoms with E-state index >= 15 is 0 Å². The number of carbonyl (C=O) groups is 1. The molecule has 0 aliphatic rings. The summed E-state index contributed by atoms with van der Waals surface area (Å²) in [5, 5.41) is 16.8. The van der Waals surface area contributed by atoms with Crippen LogP contribution in [0.3, 0.4) is 0 Å². The highest BCUT2D eigenvalue weighted by molar-refractivity contribution is 5.86. The third-order valence-electron chi connectivity index (χ3n) is 2.74. The van der Waals surface area contributed by atoms with E-state index in [-0.39, 0.29) is 11.1 Å². The first kappa shape index (κ1) is 15.6. The summed E-state index contributed by atoms with van der Waals surface area (Å²) in [4.78, 5) is 11.1. The van der Waals surface area contributed by atoms with Gasteiger partial charge >= 0.3 is 5.97 Å². The predicted molar refractivity (Wildman–Crippen MR) is 71.4 cm³/mol. The van der Waals surface area contributed by atoms with E-state index in [9.17, 15) is 4.79 Å². The molecule has 0 radical (unpaired) electrons. The number of hydrogen-bond acceptors (Lipinski definition) is 4. The highest BCUT2D eigenvalue weighted by Crippen LogP contribution is 2.24. The first-order valence-electron chi connectivity index (χ1n) is 6.63. The van der Waals surface area contributed by atoms with E-state index in [2.05, 4.69) is 17.2 Å². The summed E-state index contributed by atoms with van der Waals surface area (Å²) in [6.45, 7) is 9.73. The van der Waals surface area contributed by atoms with E-state index < -0.39 is 5.97 Å². The molecule has 0 unspecified atom stereocenters. The van der Waals surface area contributed by atoms with Crippen molar-refractivity contribution >= 4 is 5.97 Å². The lowest BCUT2D eigenvalue weighted by Crippen LogP contribution is -2.23. The van der Waals surface area contributed by atoms with Gasteiger partial charge in [0.15, 0.2) is 5.69 Å². The predicted octanol–water partition coefficient (Wildman–Crippen LogP) is 2.09. The van der Waals surface area contributed by atoms with Gasteiger partial charge in [-0.3, -0.25) is 0 Å². The average molecular weight is 269 g/mol. The molecule has 1 heterocycles. The number of carboxylic acids is 1. The maximum Gasteiger partial charge on any atom is 0.358 e. The molecular formula is C13H23N3O3. The van der Waals surface area contributed by atoms with Crippen molar-refractivity contribution < 1.29 is 14.6 Å². The van der Waals surface area contributed by atoms with Crippen molar-refractivity contribution in [2.45, 2.75) is 52.5 Å². The Bertz CT molecular complexity index is 421. The van der Waals surface area contributed by atoms with Crippen LogP contribution in [0.25, 0.3) is 0 Å². The van der Waals surface area contributed by atoms with Gasteiger partial charge in [-0.05, 0) is 6.42 Å². The number of rotatable bonds is 7. The highest BCUT2D eigenvalue weighted by Gasteiger charge is 2.28. The molecule has 0 fully saturated rings. The first-order valence-corrected chi connectivity index (χ1v) is 6.63. The topological polar surface area (TPSA) is 77.2 Å². The number of aromatic carboxylic acids is 1. The van der Waals surface area contributed by atoms with Crippen LogP contribution < -0.4 is 0 Å². The Morgan fingerprint density at radius 2 is 2.05 bits per heavy atom. The molecule has 108 valence electrons. The van der Waals surface area contributed by atoms with Crippen molar-refractivity contribution in [3.8, 4) is 0 Å². The molecule has 1 rings (SSSR count). The lowest BCUT2D eigenvalue weighted by molar-refractivity contribution is 0.0687. The van der Waals surface area contributed by atoms with Gasteiger partial charge in [-0.1, -0.05) is 39.3 Å². The third kappa shape index (κ3) is 4.31. The maximum atomic E-state index is 11.1. The Balaban J connectivity index is 2.76. The SMILES string of the molecule is CCCCOCCn1nnc(C(=O)O)c1C(C)(C)C. The second-order valence-electron chi connectivity index (χ2n) is 5.53. The van der Waals surface area contributed by atoms with Crippen LogP contribution in [0, 0.1) is 0 Å².